The Morgan fingerprint density at radius 3 is 2.25 bits per heavy atom. The Bertz CT molecular complexity index is 970. The quantitative estimate of drug-likeness (QED) is 0.704. The lowest BCUT2D eigenvalue weighted by Gasteiger charge is -2.13. The summed E-state index contributed by atoms with van der Waals surface area (Å²) in [4.78, 5) is 0.140. The highest BCUT2D eigenvalue weighted by atomic mass is 35.5. The maximum atomic E-state index is 12.7. The molecule has 0 aliphatic rings. The van der Waals surface area contributed by atoms with E-state index in [0.29, 0.717) is 10.7 Å². The van der Waals surface area contributed by atoms with Crippen LogP contribution in [0, 0.1) is 6.92 Å². The normalized spacial score (nSPS) is 11.2. The predicted octanol–water partition coefficient (Wildman–Crippen LogP) is 5.12. The van der Waals surface area contributed by atoms with Crippen molar-refractivity contribution in [1.82, 2.24) is 0 Å². The first-order valence-electron chi connectivity index (χ1n) is 7.41. The third-order valence-electron chi connectivity index (χ3n) is 3.71. The molecular formula is C19H16ClNO2S. The number of sulfonamides is 1. The molecule has 0 aliphatic carbocycles. The van der Waals surface area contributed by atoms with Crippen molar-refractivity contribution in [1.29, 1.82) is 0 Å². The number of para-hydroxylation sites is 1. The molecule has 0 aliphatic heterocycles. The minimum absolute atomic E-state index is 0.140. The summed E-state index contributed by atoms with van der Waals surface area (Å²) in [7, 11) is -3.72. The van der Waals surface area contributed by atoms with Crippen molar-refractivity contribution in [2.75, 3.05) is 4.72 Å². The Balaban J connectivity index is 2.01. The highest BCUT2D eigenvalue weighted by molar-refractivity contribution is 7.92. The van der Waals surface area contributed by atoms with E-state index in [4.69, 9.17) is 11.6 Å². The second kappa shape index (κ2) is 6.67. The molecule has 24 heavy (non-hydrogen) atoms. The van der Waals surface area contributed by atoms with Crippen LogP contribution >= 0.6 is 11.6 Å². The van der Waals surface area contributed by atoms with Crippen LogP contribution in [0.3, 0.4) is 0 Å². The van der Waals surface area contributed by atoms with Crippen LogP contribution in [0.15, 0.2) is 77.7 Å². The van der Waals surface area contributed by atoms with Gasteiger partial charge >= 0.3 is 0 Å². The number of rotatable bonds is 4. The van der Waals surface area contributed by atoms with Crippen LogP contribution < -0.4 is 4.72 Å². The highest BCUT2D eigenvalue weighted by Gasteiger charge is 2.17. The molecule has 0 heterocycles. The van der Waals surface area contributed by atoms with Crippen molar-refractivity contribution >= 4 is 27.3 Å². The first kappa shape index (κ1) is 16.6. The summed E-state index contributed by atoms with van der Waals surface area (Å²) in [5.41, 5.74) is 3.12. The van der Waals surface area contributed by atoms with E-state index in [1.54, 1.807) is 24.3 Å². The molecule has 3 rings (SSSR count). The van der Waals surface area contributed by atoms with Crippen LogP contribution in [0.25, 0.3) is 11.1 Å². The average Bonchev–Trinajstić information content (AvgIpc) is 2.58. The lowest BCUT2D eigenvalue weighted by atomic mass is 10.0. The van der Waals surface area contributed by atoms with E-state index < -0.39 is 10.0 Å². The van der Waals surface area contributed by atoms with E-state index in [1.807, 2.05) is 49.4 Å². The van der Waals surface area contributed by atoms with Gasteiger partial charge in [0.25, 0.3) is 10.0 Å². The molecule has 0 aromatic heterocycles. The monoisotopic (exact) mass is 357 g/mol. The molecule has 1 N–H and O–H groups in total. The van der Waals surface area contributed by atoms with E-state index in [9.17, 15) is 8.42 Å². The number of halogens is 1. The first-order chi connectivity index (χ1) is 11.5. The molecule has 3 aromatic carbocycles. The van der Waals surface area contributed by atoms with Gasteiger partial charge in [-0.1, -0.05) is 66.2 Å². The third kappa shape index (κ3) is 3.45. The van der Waals surface area contributed by atoms with Gasteiger partial charge in [-0.3, -0.25) is 4.72 Å². The third-order valence-corrected chi connectivity index (χ3v) is 5.48. The maximum Gasteiger partial charge on any atom is 0.261 e. The molecule has 0 saturated heterocycles. The Morgan fingerprint density at radius 1 is 0.875 bits per heavy atom. The van der Waals surface area contributed by atoms with E-state index in [-0.39, 0.29) is 4.90 Å². The second-order valence-electron chi connectivity index (χ2n) is 5.43. The summed E-state index contributed by atoms with van der Waals surface area (Å²) in [6.07, 6.45) is 0. The SMILES string of the molecule is Cc1ccc(S(=O)(=O)Nc2ccccc2-c2ccccc2)cc1Cl. The zero-order valence-corrected chi connectivity index (χ0v) is 14.6. The summed E-state index contributed by atoms with van der Waals surface area (Å²) in [6.45, 7) is 1.83. The zero-order valence-electron chi connectivity index (χ0n) is 13.0. The van der Waals surface area contributed by atoms with Crippen molar-refractivity contribution in [2.24, 2.45) is 0 Å². The summed E-state index contributed by atoms with van der Waals surface area (Å²) >= 11 is 6.06. The average molecular weight is 358 g/mol. The van der Waals surface area contributed by atoms with Gasteiger partial charge in [0.05, 0.1) is 10.6 Å². The van der Waals surface area contributed by atoms with E-state index in [2.05, 4.69) is 4.72 Å². The fourth-order valence-corrected chi connectivity index (χ4v) is 3.74. The minimum Gasteiger partial charge on any atom is -0.279 e. The van der Waals surface area contributed by atoms with Crippen molar-refractivity contribution in [3.8, 4) is 11.1 Å². The molecule has 0 atom stereocenters. The smallest absolute Gasteiger partial charge is 0.261 e. The topological polar surface area (TPSA) is 46.2 Å². The number of anilines is 1. The van der Waals surface area contributed by atoms with Gasteiger partial charge in [0.15, 0.2) is 0 Å². The molecule has 0 spiro atoms. The summed E-state index contributed by atoms with van der Waals surface area (Å²) < 4.78 is 28.0. The van der Waals surface area contributed by atoms with Gasteiger partial charge in [-0.25, -0.2) is 8.42 Å². The van der Waals surface area contributed by atoms with Gasteiger partial charge in [0, 0.05) is 10.6 Å². The molecule has 0 bridgehead atoms. The lowest BCUT2D eigenvalue weighted by molar-refractivity contribution is 0.601. The van der Waals surface area contributed by atoms with Crippen LogP contribution in [0.4, 0.5) is 5.69 Å². The standard InChI is InChI=1S/C19H16ClNO2S/c1-14-11-12-16(13-18(14)20)24(22,23)21-19-10-6-5-9-17(19)15-7-3-2-4-8-15/h2-13,21H,1H3. The van der Waals surface area contributed by atoms with E-state index in [1.165, 1.54) is 6.07 Å². The van der Waals surface area contributed by atoms with Crippen molar-refractivity contribution < 1.29 is 8.42 Å². The van der Waals surface area contributed by atoms with Crippen molar-refractivity contribution in [3.05, 3.63) is 83.4 Å². The Labute approximate surface area is 147 Å². The molecule has 3 aromatic rings. The second-order valence-corrected chi connectivity index (χ2v) is 7.52. The van der Waals surface area contributed by atoms with Crippen LogP contribution in [-0.4, -0.2) is 8.42 Å². The summed E-state index contributed by atoms with van der Waals surface area (Å²) in [5.74, 6) is 0. The van der Waals surface area contributed by atoms with E-state index in [0.717, 1.165) is 16.7 Å². The van der Waals surface area contributed by atoms with Crippen LogP contribution in [0.5, 0.6) is 0 Å². The molecule has 0 fully saturated rings. The van der Waals surface area contributed by atoms with Gasteiger partial charge in [0.2, 0.25) is 0 Å². The summed E-state index contributed by atoms with van der Waals surface area (Å²) in [6, 6.07) is 21.6. The number of hydrogen-bond acceptors (Lipinski definition) is 2. The molecule has 5 heteroatoms. The Kier molecular flexibility index (Phi) is 4.60. The maximum absolute atomic E-state index is 12.7. The Hall–Kier alpha value is -2.30. The molecule has 0 radical (unpaired) electrons. The number of nitrogens with one attached hydrogen (secondary N) is 1. The molecule has 0 saturated carbocycles. The van der Waals surface area contributed by atoms with Gasteiger partial charge < -0.3 is 0 Å². The van der Waals surface area contributed by atoms with Crippen molar-refractivity contribution in [3.63, 3.8) is 0 Å². The molecule has 3 nitrogen and oxygen atoms in total. The van der Waals surface area contributed by atoms with Gasteiger partial charge in [-0.05, 0) is 36.2 Å². The summed E-state index contributed by atoms with van der Waals surface area (Å²) in [5, 5.41) is 0.425. The number of benzene rings is 3. The Morgan fingerprint density at radius 2 is 1.54 bits per heavy atom. The van der Waals surface area contributed by atoms with Crippen LogP contribution in [0.2, 0.25) is 5.02 Å². The largest absolute Gasteiger partial charge is 0.279 e. The highest BCUT2D eigenvalue weighted by Crippen LogP contribution is 2.30. The number of hydrogen-bond donors (Lipinski definition) is 1. The fraction of sp³-hybridized carbons (Fsp3) is 0.0526. The predicted molar refractivity (Wildman–Crippen MR) is 98.9 cm³/mol. The first-order valence-corrected chi connectivity index (χ1v) is 9.27. The van der Waals surface area contributed by atoms with Gasteiger partial charge in [-0.15, -0.1) is 0 Å². The molecule has 0 amide bonds. The minimum atomic E-state index is -3.72. The van der Waals surface area contributed by atoms with Gasteiger partial charge in [0.1, 0.15) is 0 Å². The number of aryl methyl sites for hydroxylation is 1. The van der Waals surface area contributed by atoms with E-state index >= 15 is 0 Å². The van der Waals surface area contributed by atoms with Crippen molar-refractivity contribution in [2.45, 2.75) is 11.8 Å². The van der Waals surface area contributed by atoms with Crippen LogP contribution in [-0.2, 0) is 10.0 Å². The van der Waals surface area contributed by atoms with Crippen LogP contribution in [0.1, 0.15) is 5.56 Å². The molecular weight excluding hydrogens is 342 g/mol. The fourth-order valence-electron chi connectivity index (χ4n) is 2.39. The molecule has 122 valence electrons. The molecule has 0 unspecified atom stereocenters. The van der Waals surface area contributed by atoms with Gasteiger partial charge in [-0.2, -0.15) is 0 Å². The zero-order chi connectivity index (χ0) is 17.2. The lowest BCUT2D eigenvalue weighted by Crippen LogP contribution is -2.13.